The monoisotopic (exact) mass is 251 g/mol. The third kappa shape index (κ3) is 3.79. The highest BCUT2D eigenvalue weighted by molar-refractivity contribution is 5.94. The lowest BCUT2D eigenvalue weighted by Crippen LogP contribution is -2.43. The van der Waals surface area contributed by atoms with E-state index in [0.29, 0.717) is 11.4 Å². The summed E-state index contributed by atoms with van der Waals surface area (Å²) in [4.78, 5) is 12.3. The fraction of sp³-hybridized carbons (Fsp3) is 0.643. The van der Waals surface area contributed by atoms with Gasteiger partial charge in [0, 0.05) is 18.3 Å². The molecule has 0 radical (unpaired) electrons. The van der Waals surface area contributed by atoms with Crippen LogP contribution < -0.4 is 11.1 Å². The molecule has 18 heavy (non-hydrogen) atoms. The van der Waals surface area contributed by atoms with E-state index in [1.165, 1.54) is 0 Å². The first-order valence-corrected chi connectivity index (χ1v) is 6.67. The molecule has 0 aliphatic rings. The molecule has 1 aromatic rings. The maximum absolute atomic E-state index is 12.3. The standard InChI is InChI=1S/C14H25N3O/c1-5-7-14(3,4)16-13(18)12-9-11(15)10-17(12)8-6-2/h9-10H,5-8,15H2,1-4H3,(H,16,18). The first-order valence-electron chi connectivity index (χ1n) is 6.67. The third-order valence-corrected chi connectivity index (χ3v) is 2.94. The van der Waals surface area contributed by atoms with Gasteiger partial charge in [-0.2, -0.15) is 0 Å². The maximum Gasteiger partial charge on any atom is 0.268 e. The van der Waals surface area contributed by atoms with Crippen LogP contribution in [-0.4, -0.2) is 16.0 Å². The Bertz CT molecular complexity index is 407. The van der Waals surface area contributed by atoms with Gasteiger partial charge in [-0.05, 0) is 32.8 Å². The quantitative estimate of drug-likeness (QED) is 0.816. The first-order chi connectivity index (χ1) is 8.39. The fourth-order valence-corrected chi connectivity index (χ4v) is 2.21. The lowest BCUT2D eigenvalue weighted by Gasteiger charge is -2.26. The summed E-state index contributed by atoms with van der Waals surface area (Å²) in [6.45, 7) is 9.11. The Kier molecular flexibility index (Phi) is 4.82. The molecule has 1 rings (SSSR count). The summed E-state index contributed by atoms with van der Waals surface area (Å²) in [5.41, 5.74) is 6.88. The molecule has 4 heteroatoms. The van der Waals surface area contributed by atoms with Gasteiger partial charge in [0.25, 0.3) is 5.91 Å². The van der Waals surface area contributed by atoms with Gasteiger partial charge in [0.1, 0.15) is 5.69 Å². The minimum atomic E-state index is -0.179. The zero-order valence-corrected chi connectivity index (χ0v) is 11.9. The predicted molar refractivity (Wildman–Crippen MR) is 75.6 cm³/mol. The normalized spacial score (nSPS) is 11.6. The third-order valence-electron chi connectivity index (χ3n) is 2.94. The number of aromatic nitrogens is 1. The Labute approximate surface area is 110 Å². The largest absolute Gasteiger partial charge is 0.397 e. The average molecular weight is 251 g/mol. The Morgan fingerprint density at radius 1 is 1.39 bits per heavy atom. The molecule has 1 aromatic heterocycles. The van der Waals surface area contributed by atoms with Gasteiger partial charge in [0.15, 0.2) is 0 Å². The van der Waals surface area contributed by atoms with Crippen molar-refractivity contribution >= 4 is 11.6 Å². The van der Waals surface area contributed by atoms with Crippen LogP contribution >= 0.6 is 0 Å². The average Bonchev–Trinajstić information content (AvgIpc) is 2.59. The number of amides is 1. The highest BCUT2D eigenvalue weighted by Gasteiger charge is 2.22. The predicted octanol–water partition coefficient (Wildman–Crippen LogP) is 2.79. The van der Waals surface area contributed by atoms with Gasteiger partial charge in [-0.25, -0.2) is 0 Å². The number of nitrogens with one attached hydrogen (secondary N) is 1. The number of rotatable bonds is 6. The zero-order valence-electron chi connectivity index (χ0n) is 11.9. The van der Waals surface area contributed by atoms with E-state index in [1.807, 2.05) is 24.6 Å². The molecular formula is C14H25N3O. The molecule has 0 atom stereocenters. The zero-order chi connectivity index (χ0) is 13.8. The van der Waals surface area contributed by atoms with E-state index in [-0.39, 0.29) is 11.4 Å². The van der Waals surface area contributed by atoms with Gasteiger partial charge in [-0.15, -0.1) is 0 Å². The van der Waals surface area contributed by atoms with E-state index < -0.39 is 0 Å². The molecule has 0 saturated heterocycles. The second-order valence-corrected chi connectivity index (χ2v) is 5.44. The number of hydrogen-bond acceptors (Lipinski definition) is 2. The summed E-state index contributed by atoms with van der Waals surface area (Å²) in [6, 6.07) is 1.74. The highest BCUT2D eigenvalue weighted by atomic mass is 16.2. The van der Waals surface area contributed by atoms with Gasteiger partial charge in [0.2, 0.25) is 0 Å². The molecule has 0 bridgehead atoms. The van der Waals surface area contributed by atoms with Crippen LogP contribution in [0.15, 0.2) is 12.3 Å². The van der Waals surface area contributed by atoms with E-state index in [0.717, 1.165) is 25.8 Å². The van der Waals surface area contributed by atoms with E-state index in [9.17, 15) is 4.79 Å². The highest BCUT2D eigenvalue weighted by Crippen LogP contribution is 2.15. The number of nitrogens with two attached hydrogens (primary N) is 1. The summed E-state index contributed by atoms with van der Waals surface area (Å²) >= 11 is 0. The van der Waals surface area contributed by atoms with Crippen LogP contribution in [0, 0.1) is 0 Å². The van der Waals surface area contributed by atoms with E-state index in [2.05, 4.69) is 19.2 Å². The van der Waals surface area contributed by atoms with Crippen LogP contribution in [0.25, 0.3) is 0 Å². The van der Waals surface area contributed by atoms with Crippen LogP contribution in [0.2, 0.25) is 0 Å². The van der Waals surface area contributed by atoms with Gasteiger partial charge in [-0.1, -0.05) is 20.3 Å². The number of hydrogen-bond donors (Lipinski definition) is 2. The van der Waals surface area contributed by atoms with Crippen molar-refractivity contribution in [1.82, 2.24) is 9.88 Å². The summed E-state index contributed by atoms with van der Waals surface area (Å²) in [7, 11) is 0. The fourth-order valence-electron chi connectivity index (χ4n) is 2.21. The van der Waals surface area contributed by atoms with Crippen molar-refractivity contribution in [2.24, 2.45) is 0 Å². The van der Waals surface area contributed by atoms with Gasteiger partial charge in [-0.3, -0.25) is 4.79 Å². The Balaban J connectivity index is 2.83. The minimum Gasteiger partial charge on any atom is -0.397 e. The molecule has 0 fully saturated rings. The second kappa shape index (κ2) is 5.94. The van der Waals surface area contributed by atoms with E-state index in [4.69, 9.17) is 5.73 Å². The Hall–Kier alpha value is -1.45. The molecule has 102 valence electrons. The lowest BCUT2D eigenvalue weighted by atomic mass is 9.99. The van der Waals surface area contributed by atoms with Crippen LogP contribution in [-0.2, 0) is 6.54 Å². The molecule has 3 N–H and O–H groups in total. The summed E-state index contributed by atoms with van der Waals surface area (Å²) in [5, 5.41) is 3.07. The lowest BCUT2D eigenvalue weighted by molar-refractivity contribution is 0.0899. The van der Waals surface area contributed by atoms with E-state index in [1.54, 1.807) is 6.07 Å². The second-order valence-electron chi connectivity index (χ2n) is 5.44. The number of nitrogen functional groups attached to an aromatic ring is 1. The van der Waals surface area contributed by atoms with Crippen LogP contribution in [0.4, 0.5) is 5.69 Å². The smallest absolute Gasteiger partial charge is 0.268 e. The Morgan fingerprint density at radius 2 is 2.06 bits per heavy atom. The van der Waals surface area contributed by atoms with Crippen molar-refractivity contribution < 1.29 is 4.79 Å². The Morgan fingerprint density at radius 3 is 2.61 bits per heavy atom. The van der Waals surface area contributed by atoms with Gasteiger partial charge in [0.05, 0.1) is 5.69 Å². The molecule has 0 saturated carbocycles. The van der Waals surface area contributed by atoms with Crippen LogP contribution in [0.3, 0.4) is 0 Å². The van der Waals surface area contributed by atoms with E-state index >= 15 is 0 Å². The molecule has 0 aliphatic carbocycles. The molecular weight excluding hydrogens is 226 g/mol. The molecule has 4 nitrogen and oxygen atoms in total. The number of carbonyl (C=O) groups excluding carboxylic acids is 1. The molecule has 1 heterocycles. The van der Waals surface area contributed by atoms with Crippen molar-refractivity contribution in [1.29, 1.82) is 0 Å². The van der Waals surface area contributed by atoms with Crippen LogP contribution in [0.1, 0.15) is 57.4 Å². The molecule has 0 aliphatic heterocycles. The molecule has 0 spiro atoms. The minimum absolute atomic E-state index is 0.0430. The summed E-state index contributed by atoms with van der Waals surface area (Å²) < 4.78 is 1.92. The topological polar surface area (TPSA) is 60.0 Å². The molecule has 0 aromatic carbocycles. The SMILES string of the molecule is CCCn1cc(N)cc1C(=O)NC(C)(C)CCC. The van der Waals surface area contributed by atoms with Gasteiger partial charge < -0.3 is 15.6 Å². The number of anilines is 1. The number of aryl methyl sites for hydroxylation is 1. The maximum atomic E-state index is 12.3. The molecule has 1 amide bonds. The molecule has 0 unspecified atom stereocenters. The summed E-state index contributed by atoms with van der Waals surface area (Å²) in [5.74, 6) is -0.0430. The number of carbonyl (C=O) groups is 1. The summed E-state index contributed by atoms with van der Waals surface area (Å²) in [6.07, 6.45) is 4.81. The first kappa shape index (κ1) is 14.6. The van der Waals surface area contributed by atoms with Crippen molar-refractivity contribution in [3.8, 4) is 0 Å². The van der Waals surface area contributed by atoms with Crippen LogP contribution in [0.5, 0.6) is 0 Å². The van der Waals surface area contributed by atoms with Gasteiger partial charge >= 0.3 is 0 Å². The van der Waals surface area contributed by atoms with Crippen molar-refractivity contribution in [2.75, 3.05) is 5.73 Å². The van der Waals surface area contributed by atoms with Crippen molar-refractivity contribution in [2.45, 2.75) is 59.0 Å². The number of nitrogens with zero attached hydrogens (tertiary/aromatic N) is 1. The van der Waals surface area contributed by atoms with Crippen molar-refractivity contribution in [3.05, 3.63) is 18.0 Å². The van der Waals surface area contributed by atoms with Crippen molar-refractivity contribution in [3.63, 3.8) is 0 Å².